The number of hydrogen-bond donors (Lipinski definition) is 0. The molecule has 1 aromatic rings. The minimum atomic E-state index is -0.0540. The first-order valence-electron chi connectivity index (χ1n) is 9.40. The number of pyridine rings is 1. The van der Waals surface area contributed by atoms with Gasteiger partial charge in [-0.2, -0.15) is 0 Å². The van der Waals surface area contributed by atoms with Gasteiger partial charge in [0.15, 0.2) is 0 Å². The van der Waals surface area contributed by atoms with Crippen LogP contribution in [0, 0.1) is 23.7 Å². The van der Waals surface area contributed by atoms with E-state index in [0.29, 0.717) is 12.0 Å². The lowest BCUT2D eigenvalue weighted by Gasteiger charge is -2.25. The largest absolute Gasteiger partial charge is 0.469 e. The van der Waals surface area contributed by atoms with Crippen molar-refractivity contribution in [1.29, 1.82) is 0 Å². The number of likely N-dealkylation sites (tertiary alicyclic amines) is 1. The van der Waals surface area contributed by atoms with E-state index < -0.39 is 0 Å². The van der Waals surface area contributed by atoms with Crippen molar-refractivity contribution in [3.63, 3.8) is 0 Å². The molecule has 1 aliphatic heterocycles. The van der Waals surface area contributed by atoms with Crippen LogP contribution in [0.1, 0.15) is 62.2 Å². The SMILES string of the molecule is COC(=O)C1CCC(CC#Cc2ccc(C3CCCN3C)cn2)CC1. The Morgan fingerprint density at radius 3 is 2.68 bits per heavy atom. The molecule has 2 fully saturated rings. The average molecular weight is 340 g/mol. The summed E-state index contributed by atoms with van der Waals surface area (Å²) in [6.45, 7) is 1.17. The molecule has 0 bridgehead atoms. The molecule has 0 radical (unpaired) electrons. The molecule has 3 rings (SSSR count). The fourth-order valence-electron chi connectivity index (χ4n) is 4.06. The predicted octanol–water partition coefficient (Wildman–Crippen LogP) is 3.57. The maximum atomic E-state index is 11.6. The zero-order valence-electron chi connectivity index (χ0n) is 15.3. The van der Waals surface area contributed by atoms with Gasteiger partial charge in [0.05, 0.1) is 13.0 Å². The van der Waals surface area contributed by atoms with Crippen LogP contribution in [0.3, 0.4) is 0 Å². The van der Waals surface area contributed by atoms with Gasteiger partial charge in [-0.25, -0.2) is 4.98 Å². The molecule has 1 saturated carbocycles. The van der Waals surface area contributed by atoms with Crippen LogP contribution in [0.5, 0.6) is 0 Å². The molecule has 1 aliphatic carbocycles. The Morgan fingerprint density at radius 1 is 1.28 bits per heavy atom. The smallest absolute Gasteiger partial charge is 0.308 e. The maximum Gasteiger partial charge on any atom is 0.308 e. The third-order valence-corrected chi connectivity index (χ3v) is 5.68. The number of carbonyl (C=O) groups excluding carboxylic acids is 1. The maximum absolute atomic E-state index is 11.6. The number of ether oxygens (including phenoxy) is 1. The quantitative estimate of drug-likeness (QED) is 0.623. The lowest BCUT2D eigenvalue weighted by atomic mass is 9.81. The second kappa shape index (κ2) is 8.49. The minimum absolute atomic E-state index is 0.0540. The van der Waals surface area contributed by atoms with Gasteiger partial charge in [0.1, 0.15) is 5.69 Å². The number of methoxy groups -OCH3 is 1. The molecule has 0 amide bonds. The number of aromatic nitrogens is 1. The van der Waals surface area contributed by atoms with Crippen LogP contribution >= 0.6 is 0 Å². The summed E-state index contributed by atoms with van der Waals surface area (Å²) in [5, 5.41) is 0. The molecule has 0 spiro atoms. The number of esters is 1. The normalized spacial score (nSPS) is 26.7. The van der Waals surface area contributed by atoms with E-state index in [1.807, 2.05) is 12.3 Å². The van der Waals surface area contributed by atoms with Crippen molar-refractivity contribution in [2.75, 3.05) is 20.7 Å². The summed E-state index contributed by atoms with van der Waals surface area (Å²) in [6.07, 6.45) is 9.35. The molecule has 2 heterocycles. The lowest BCUT2D eigenvalue weighted by Crippen LogP contribution is -2.22. The van der Waals surface area contributed by atoms with Crippen LogP contribution in [-0.4, -0.2) is 36.6 Å². The van der Waals surface area contributed by atoms with E-state index in [0.717, 1.165) is 37.8 Å². The molecule has 2 aliphatic rings. The van der Waals surface area contributed by atoms with Gasteiger partial charge in [0.2, 0.25) is 0 Å². The van der Waals surface area contributed by atoms with E-state index in [1.54, 1.807) is 0 Å². The van der Waals surface area contributed by atoms with E-state index in [4.69, 9.17) is 4.74 Å². The molecule has 1 unspecified atom stereocenters. The van der Waals surface area contributed by atoms with Gasteiger partial charge in [-0.3, -0.25) is 9.69 Å². The highest BCUT2D eigenvalue weighted by Crippen LogP contribution is 2.31. The lowest BCUT2D eigenvalue weighted by molar-refractivity contribution is -0.146. The van der Waals surface area contributed by atoms with Crippen molar-refractivity contribution in [2.45, 2.75) is 51.0 Å². The summed E-state index contributed by atoms with van der Waals surface area (Å²) in [5.41, 5.74) is 2.15. The first-order chi connectivity index (χ1) is 12.2. The number of nitrogens with zero attached hydrogens (tertiary/aromatic N) is 2. The van der Waals surface area contributed by atoms with Crippen LogP contribution < -0.4 is 0 Å². The number of hydrogen-bond acceptors (Lipinski definition) is 4. The van der Waals surface area contributed by atoms with Gasteiger partial charge in [-0.15, -0.1) is 0 Å². The molecule has 1 saturated heterocycles. The van der Waals surface area contributed by atoms with Crippen molar-refractivity contribution in [2.24, 2.45) is 11.8 Å². The van der Waals surface area contributed by atoms with E-state index in [2.05, 4.69) is 34.8 Å². The Labute approximate surface area is 151 Å². The van der Waals surface area contributed by atoms with Crippen LogP contribution in [0.25, 0.3) is 0 Å². The second-order valence-corrected chi connectivity index (χ2v) is 7.36. The molecule has 4 nitrogen and oxygen atoms in total. The third-order valence-electron chi connectivity index (χ3n) is 5.68. The summed E-state index contributed by atoms with van der Waals surface area (Å²) in [5.74, 6) is 7.13. The van der Waals surface area contributed by atoms with Crippen molar-refractivity contribution >= 4 is 5.97 Å². The van der Waals surface area contributed by atoms with Crippen LogP contribution in [-0.2, 0) is 9.53 Å². The van der Waals surface area contributed by atoms with Crippen molar-refractivity contribution in [1.82, 2.24) is 9.88 Å². The molecule has 1 atom stereocenters. The standard InChI is InChI=1S/C21H28N2O2/c1-23-14-4-7-20(23)18-12-13-19(22-15-18)6-3-5-16-8-10-17(11-9-16)21(24)25-2/h12-13,15-17,20H,4-5,7-11,14H2,1-2H3. The summed E-state index contributed by atoms with van der Waals surface area (Å²) < 4.78 is 4.84. The predicted molar refractivity (Wildman–Crippen MR) is 97.8 cm³/mol. The Balaban J connectivity index is 1.48. The molecule has 4 heteroatoms. The first-order valence-corrected chi connectivity index (χ1v) is 9.40. The fraction of sp³-hybridized carbons (Fsp3) is 0.619. The van der Waals surface area contributed by atoms with Crippen LogP contribution in [0.2, 0.25) is 0 Å². The van der Waals surface area contributed by atoms with Crippen molar-refractivity contribution < 1.29 is 9.53 Å². The van der Waals surface area contributed by atoms with Gasteiger partial charge in [0.25, 0.3) is 0 Å². The van der Waals surface area contributed by atoms with Gasteiger partial charge in [-0.1, -0.05) is 12.0 Å². The molecule has 134 valence electrons. The molecule has 0 N–H and O–H groups in total. The summed E-state index contributed by atoms with van der Waals surface area (Å²) in [6, 6.07) is 4.73. The van der Waals surface area contributed by atoms with Crippen LogP contribution in [0.15, 0.2) is 18.3 Å². The Bertz CT molecular complexity index is 636. The van der Waals surface area contributed by atoms with Gasteiger partial charge >= 0.3 is 5.97 Å². The zero-order valence-corrected chi connectivity index (χ0v) is 15.3. The molecular weight excluding hydrogens is 312 g/mol. The molecule has 0 aromatic carbocycles. The van der Waals surface area contributed by atoms with Crippen LogP contribution in [0.4, 0.5) is 0 Å². The van der Waals surface area contributed by atoms with E-state index >= 15 is 0 Å². The first kappa shape index (κ1) is 17.9. The fourth-order valence-corrected chi connectivity index (χ4v) is 4.06. The summed E-state index contributed by atoms with van der Waals surface area (Å²) in [7, 11) is 3.66. The van der Waals surface area contributed by atoms with E-state index in [9.17, 15) is 4.79 Å². The van der Waals surface area contributed by atoms with Gasteiger partial charge in [-0.05, 0) is 75.6 Å². The number of carbonyl (C=O) groups is 1. The molecule has 25 heavy (non-hydrogen) atoms. The highest BCUT2D eigenvalue weighted by Gasteiger charge is 2.26. The van der Waals surface area contributed by atoms with E-state index in [-0.39, 0.29) is 11.9 Å². The second-order valence-electron chi connectivity index (χ2n) is 7.36. The van der Waals surface area contributed by atoms with Gasteiger partial charge < -0.3 is 4.74 Å². The average Bonchev–Trinajstić information content (AvgIpc) is 3.08. The third kappa shape index (κ3) is 4.61. The monoisotopic (exact) mass is 340 g/mol. The summed E-state index contributed by atoms with van der Waals surface area (Å²) in [4.78, 5) is 18.5. The molecule has 1 aromatic heterocycles. The van der Waals surface area contributed by atoms with Crippen molar-refractivity contribution in [3.05, 3.63) is 29.6 Å². The highest BCUT2D eigenvalue weighted by atomic mass is 16.5. The Kier molecular flexibility index (Phi) is 6.09. The minimum Gasteiger partial charge on any atom is -0.469 e. The zero-order chi connectivity index (χ0) is 17.6. The topological polar surface area (TPSA) is 42.4 Å². The van der Waals surface area contributed by atoms with Crippen molar-refractivity contribution in [3.8, 4) is 11.8 Å². The Morgan fingerprint density at radius 2 is 2.08 bits per heavy atom. The Hall–Kier alpha value is -1.86. The summed E-state index contributed by atoms with van der Waals surface area (Å²) >= 11 is 0. The highest BCUT2D eigenvalue weighted by molar-refractivity contribution is 5.72. The molecular formula is C21H28N2O2. The van der Waals surface area contributed by atoms with E-state index in [1.165, 1.54) is 32.1 Å². The van der Waals surface area contributed by atoms with Gasteiger partial charge in [0, 0.05) is 18.7 Å². The number of rotatable bonds is 3.